The van der Waals surface area contributed by atoms with Crippen LogP contribution >= 0.6 is 34.0 Å². The van der Waals surface area contributed by atoms with Gasteiger partial charge in [0.2, 0.25) is 0 Å². The van der Waals surface area contributed by atoms with Gasteiger partial charge in [0.25, 0.3) is 0 Å². The summed E-state index contributed by atoms with van der Waals surface area (Å²) in [6.07, 6.45) is 28.5. The molecule has 0 fully saturated rings. The fourth-order valence-corrected chi connectivity index (χ4v) is 10.8. The molecule has 3 rings (SSSR count). The predicted molar refractivity (Wildman–Crippen MR) is 234 cm³/mol. The zero-order valence-electron chi connectivity index (χ0n) is 34.2. The Hall–Kier alpha value is -1.42. The maximum absolute atomic E-state index is 2.63. The smallest absolute Gasteiger partial charge is 0.0481 e. The van der Waals surface area contributed by atoms with Crippen molar-refractivity contribution in [2.24, 2.45) is 5.41 Å². The number of hydrogen-bond acceptors (Lipinski definition) is 3. The van der Waals surface area contributed by atoms with Crippen LogP contribution in [0.5, 0.6) is 0 Å². The molecule has 50 heavy (non-hydrogen) atoms. The van der Waals surface area contributed by atoms with Crippen molar-refractivity contribution in [3.8, 4) is 19.5 Å². The van der Waals surface area contributed by atoms with Crippen molar-refractivity contribution in [2.45, 2.75) is 198 Å². The van der Waals surface area contributed by atoms with E-state index in [1.807, 2.05) is 11.3 Å². The number of aryl methyl sites for hydroxylation is 4. The summed E-state index contributed by atoms with van der Waals surface area (Å²) >= 11 is 6.22. The quantitative estimate of drug-likeness (QED) is 0.0635. The first-order valence-corrected chi connectivity index (χ1v) is 23.2. The maximum Gasteiger partial charge on any atom is 0.0481 e. The molecular weight excluding hydrogens is 661 g/mol. The minimum absolute atomic E-state index is 0.190. The number of allylic oxidation sites excluding steroid dienone is 4. The second-order valence-electron chi connectivity index (χ2n) is 16.1. The van der Waals surface area contributed by atoms with E-state index in [1.54, 1.807) is 42.5 Å². The first kappa shape index (κ1) is 43.0. The molecule has 0 aliphatic carbocycles. The predicted octanol–water partition coefficient (Wildman–Crippen LogP) is 17.6. The Morgan fingerprint density at radius 1 is 0.560 bits per heavy atom. The summed E-state index contributed by atoms with van der Waals surface area (Å²) in [6.45, 7) is 23.6. The van der Waals surface area contributed by atoms with Gasteiger partial charge >= 0.3 is 0 Å². The monoisotopic (exact) mass is 734 g/mol. The molecule has 0 atom stereocenters. The van der Waals surface area contributed by atoms with Crippen LogP contribution in [0.1, 0.15) is 198 Å². The largest absolute Gasteiger partial charge is 0.139 e. The van der Waals surface area contributed by atoms with Gasteiger partial charge in [-0.15, -0.1) is 34.0 Å². The summed E-state index contributed by atoms with van der Waals surface area (Å²) in [4.78, 5) is 9.13. The minimum Gasteiger partial charge on any atom is -0.139 e. The van der Waals surface area contributed by atoms with Crippen LogP contribution in [0.15, 0.2) is 35.4 Å². The van der Waals surface area contributed by atoms with Crippen LogP contribution < -0.4 is 0 Å². The van der Waals surface area contributed by atoms with Crippen molar-refractivity contribution in [1.29, 1.82) is 0 Å². The number of unbranched alkanes of at least 4 members (excludes halogenated alkanes) is 12. The fourth-order valence-electron chi connectivity index (χ4n) is 7.10. The number of hydrogen-bond donors (Lipinski definition) is 0. The van der Waals surface area contributed by atoms with Gasteiger partial charge in [-0.2, -0.15) is 0 Å². The minimum atomic E-state index is 0.190. The van der Waals surface area contributed by atoms with Crippen molar-refractivity contribution in [2.75, 3.05) is 0 Å². The summed E-state index contributed by atoms with van der Waals surface area (Å²) in [5.74, 6) is 0. The van der Waals surface area contributed by atoms with Crippen molar-refractivity contribution >= 4 is 39.6 Å². The highest BCUT2D eigenvalue weighted by atomic mass is 32.1. The van der Waals surface area contributed by atoms with Gasteiger partial charge in [0.1, 0.15) is 0 Å². The first-order chi connectivity index (χ1) is 24.0. The van der Waals surface area contributed by atoms with Gasteiger partial charge in [0.15, 0.2) is 0 Å². The summed E-state index contributed by atoms with van der Waals surface area (Å²) in [5, 5.41) is 0. The van der Waals surface area contributed by atoms with Gasteiger partial charge in [-0.25, -0.2) is 0 Å². The van der Waals surface area contributed by atoms with Gasteiger partial charge < -0.3 is 0 Å². The van der Waals surface area contributed by atoms with Crippen LogP contribution in [0.25, 0.3) is 25.1 Å². The molecule has 0 spiro atoms. The standard InChI is InChI=1S/C47H74S3/c1-11-15-19-23-27-38(37(7)47(8,9)10)31-35(5)44-40(29-25-21-17-13-3)33-43(49-44)46-41(30-26-22-18-14-4)34-42(50-46)45-39(32-36(6)48-45)28-24-20-16-12-2/h31-34H,11-30H2,1-10H3/b35-31+,38-37+. The van der Waals surface area contributed by atoms with E-state index in [1.165, 1.54) is 149 Å². The van der Waals surface area contributed by atoms with Gasteiger partial charge in [-0.05, 0) is 124 Å². The Morgan fingerprint density at radius 2 is 1.02 bits per heavy atom. The molecule has 0 nitrogen and oxygen atoms in total. The molecule has 0 bridgehead atoms. The Bertz CT molecular complexity index is 1460. The average molecular weight is 735 g/mol. The van der Waals surface area contributed by atoms with E-state index < -0.39 is 0 Å². The Balaban J connectivity index is 2.10. The third-order valence-electron chi connectivity index (χ3n) is 10.6. The normalized spacial score (nSPS) is 13.0. The summed E-state index contributed by atoms with van der Waals surface area (Å²) in [5.41, 5.74) is 9.57. The van der Waals surface area contributed by atoms with Crippen molar-refractivity contribution in [3.05, 3.63) is 61.9 Å². The zero-order valence-corrected chi connectivity index (χ0v) is 36.6. The number of rotatable bonds is 24. The van der Waals surface area contributed by atoms with Crippen LogP contribution in [0.2, 0.25) is 0 Å². The molecule has 0 aromatic carbocycles. The van der Waals surface area contributed by atoms with Crippen molar-refractivity contribution in [1.82, 2.24) is 0 Å². The molecule has 3 aromatic rings. The van der Waals surface area contributed by atoms with Crippen LogP contribution in [-0.2, 0) is 19.3 Å². The Labute approximate surface area is 322 Å². The Morgan fingerprint density at radius 3 is 1.56 bits per heavy atom. The molecule has 0 unspecified atom stereocenters. The lowest BCUT2D eigenvalue weighted by atomic mass is 9.82. The van der Waals surface area contributed by atoms with Gasteiger partial charge in [0.05, 0.1) is 0 Å². The average Bonchev–Trinajstić information content (AvgIpc) is 3.80. The zero-order chi connectivity index (χ0) is 36.5. The molecule has 0 radical (unpaired) electrons. The van der Waals surface area contributed by atoms with E-state index in [0.29, 0.717) is 0 Å². The number of thiophene rings is 3. The van der Waals surface area contributed by atoms with Crippen LogP contribution in [0.4, 0.5) is 0 Å². The van der Waals surface area contributed by atoms with Gasteiger partial charge in [-0.1, -0.05) is 137 Å². The fraction of sp³-hybridized carbons (Fsp3) is 0.660. The van der Waals surface area contributed by atoms with Crippen LogP contribution in [0.3, 0.4) is 0 Å². The molecule has 3 heteroatoms. The van der Waals surface area contributed by atoms with Crippen LogP contribution in [-0.4, -0.2) is 0 Å². The maximum atomic E-state index is 2.63. The molecule has 0 N–H and O–H groups in total. The molecule has 3 heterocycles. The SMILES string of the molecule is CCCCCCC(/C=C(\C)c1sc(-c2sc(-c3sc(C)cc3CCCCCC)cc2CCCCCC)cc1CCCCCC)=C(/C)C(C)(C)C. The molecule has 280 valence electrons. The molecule has 0 saturated carbocycles. The van der Waals surface area contributed by atoms with E-state index in [2.05, 4.69) is 116 Å². The van der Waals surface area contributed by atoms with E-state index in [0.717, 1.165) is 0 Å². The molecule has 0 saturated heterocycles. The highest BCUT2D eigenvalue weighted by Crippen LogP contribution is 2.47. The lowest BCUT2D eigenvalue weighted by Gasteiger charge is -2.23. The summed E-state index contributed by atoms with van der Waals surface area (Å²) < 4.78 is 0. The second-order valence-corrected chi connectivity index (χ2v) is 19.5. The van der Waals surface area contributed by atoms with E-state index >= 15 is 0 Å². The van der Waals surface area contributed by atoms with Gasteiger partial charge in [-0.3, -0.25) is 0 Å². The lowest BCUT2D eigenvalue weighted by molar-refractivity contribution is 0.496. The first-order valence-electron chi connectivity index (χ1n) is 20.8. The third kappa shape index (κ3) is 13.5. The van der Waals surface area contributed by atoms with Crippen molar-refractivity contribution < 1.29 is 0 Å². The topological polar surface area (TPSA) is 0 Å². The van der Waals surface area contributed by atoms with E-state index in [9.17, 15) is 0 Å². The molecule has 3 aromatic heterocycles. The lowest BCUT2D eigenvalue weighted by Crippen LogP contribution is -2.09. The third-order valence-corrected chi connectivity index (χ3v) is 14.5. The van der Waals surface area contributed by atoms with Gasteiger partial charge in [0, 0.05) is 29.3 Å². The molecule has 0 aliphatic rings. The molecule has 0 amide bonds. The Kier molecular flexibility index (Phi) is 19.4. The highest BCUT2D eigenvalue weighted by molar-refractivity contribution is 7.27. The van der Waals surface area contributed by atoms with E-state index in [4.69, 9.17) is 0 Å². The molecular formula is C47H74S3. The summed E-state index contributed by atoms with van der Waals surface area (Å²) in [6, 6.07) is 7.73. The summed E-state index contributed by atoms with van der Waals surface area (Å²) in [7, 11) is 0. The van der Waals surface area contributed by atoms with Crippen LogP contribution in [0, 0.1) is 12.3 Å². The van der Waals surface area contributed by atoms with E-state index in [-0.39, 0.29) is 5.41 Å². The second kappa shape index (κ2) is 22.6. The molecule has 0 aliphatic heterocycles. The van der Waals surface area contributed by atoms with Crippen molar-refractivity contribution in [3.63, 3.8) is 0 Å². The highest BCUT2D eigenvalue weighted by Gasteiger charge is 2.21.